The third-order valence-electron chi connectivity index (χ3n) is 4.40. The maximum atomic E-state index is 3.84. The summed E-state index contributed by atoms with van der Waals surface area (Å²) in [4.78, 5) is 0. The van der Waals surface area contributed by atoms with Crippen molar-refractivity contribution in [3.05, 3.63) is 0 Å². The van der Waals surface area contributed by atoms with E-state index < -0.39 is 0 Å². The van der Waals surface area contributed by atoms with E-state index >= 15 is 0 Å². The Hall–Kier alpha value is -0.0800. The fraction of sp³-hybridized carbons (Fsp3) is 1.00. The Labute approximate surface area is 86.8 Å². The number of rotatable bonds is 1. The van der Waals surface area contributed by atoms with E-state index in [4.69, 9.17) is 0 Å². The standard InChI is InChI=1S/C12H22N2/c1-2-6-12(7-3-1)9-13-11(8-14-12)10-4-5-10/h10-11,13-14H,1-9H2. The highest BCUT2D eigenvalue weighted by atomic mass is 15.1. The molecule has 1 aliphatic heterocycles. The van der Waals surface area contributed by atoms with Crippen molar-refractivity contribution < 1.29 is 0 Å². The number of hydrogen-bond donors (Lipinski definition) is 2. The predicted molar refractivity (Wildman–Crippen MR) is 58.3 cm³/mol. The van der Waals surface area contributed by atoms with Crippen molar-refractivity contribution in [1.82, 2.24) is 10.6 Å². The smallest absolute Gasteiger partial charge is 0.0307 e. The van der Waals surface area contributed by atoms with Gasteiger partial charge in [0.15, 0.2) is 0 Å². The average Bonchev–Trinajstić information content (AvgIpc) is 3.04. The molecule has 0 aromatic heterocycles. The minimum Gasteiger partial charge on any atom is -0.311 e. The van der Waals surface area contributed by atoms with Crippen LogP contribution in [-0.4, -0.2) is 24.7 Å². The first-order chi connectivity index (χ1) is 6.88. The van der Waals surface area contributed by atoms with Crippen LogP contribution in [0.1, 0.15) is 44.9 Å². The van der Waals surface area contributed by atoms with Crippen LogP contribution in [0.15, 0.2) is 0 Å². The molecule has 14 heavy (non-hydrogen) atoms. The topological polar surface area (TPSA) is 24.1 Å². The van der Waals surface area contributed by atoms with Crippen molar-refractivity contribution in [2.75, 3.05) is 13.1 Å². The van der Waals surface area contributed by atoms with Gasteiger partial charge in [-0.05, 0) is 31.6 Å². The molecule has 1 atom stereocenters. The van der Waals surface area contributed by atoms with Crippen LogP contribution in [0, 0.1) is 5.92 Å². The van der Waals surface area contributed by atoms with Gasteiger partial charge in [-0.2, -0.15) is 0 Å². The molecule has 0 bridgehead atoms. The molecule has 1 spiro atoms. The Morgan fingerprint density at radius 3 is 2.36 bits per heavy atom. The molecule has 0 aromatic carbocycles. The fourth-order valence-electron chi connectivity index (χ4n) is 3.20. The van der Waals surface area contributed by atoms with Gasteiger partial charge < -0.3 is 10.6 Å². The molecule has 2 saturated carbocycles. The monoisotopic (exact) mass is 194 g/mol. The van der Waals surface area contributed by atoms with E-state index in [9.17, 15) is 0 Å². The summed E-state index contributed by atoms with van der Waals surface area (Å²) in [5.74, 6) is 1.00. The molecular formula is C12H22N2. The molecule has 2 heteroatoms. The molecule has 2 N–H and O–H groups in total. The zero-order chi connectivity index (χ0) is 9.43. The van der Waals surface area contributed by atoms with E-state index in [1.165, 1.54) is 58.0 Å². The van der Waals surface area contributed by atoms with Gasteiger partial charge in [-0.3, -0.25) is 0 Å². The zero-order valence-corrected chi connectivity index (χ0v) is 9.02. The highest BCUT2D eigenvalue weighted by molar-refractivity contribution is 5.01. The highest BCUT2D eigenvalue weighted by Crippen LogP contribution is 2.36. The quantitative estimate of drug-likeness (QED) is 0.663. The van der Waals surface area contributed by atoms with E-state index in [1.807, 2.05) is 0 Å². The van der Waals surface area contributed by atoms with E-state index in [2.05, 4.69) is 10.6 Å². The summed E-state index contributed by atoms with van der Waals surface area (Å²) in [7, 11) is 0. The fourth-order valence-corrected chi connectivity index (χ4v) is 3.20. The largest absolute Gasteiger partial charge is 0.311 e. The van der Waals surface area contributed by atoms with Crippen molar-refractivity contribution in [1.29, 1.82) is 0 Å². The van der Waals surface area contributed by atoms with Crippen molar-refractivity contribution in [3.8, 4) is 0 Å². The molecule has 3 aliphatic rings. The lowest BCUT2D eigenvalue weighted by atomic mass is 9.80. The van der Waals surface area contributed by atoms with Gasteiger partial charge in [-0.1, -0.05) is 19.3 Å². The lowest BCUT2D eigenvalue weighted by molar-refractivity contribution is 0.168. The maximum Gasteiger partial charge on any atom is 0.0307 e. The summed E-state index contributed by atoms with van der Waals surface area (Å²) in [6.07, 6.45) is 10.1. The highest BCUT2D eigenvalue weighted by Gasteiger charge is 2.40. The van der Waals surface area contributed by atoms with Gasteiger partial charge in [-0.25, -0.2) is 0 Å². The third kappa shape index (κ3) is 1.70. The minimum absolute atomic E-state index is 0.490. The van der Waals surface area contributed by atoms with Crippen LogP contribution in [0.4, 0.5) is 0 Å². The Morgan fingerprint density at radius 2 is 1.79 bits per heavy atom. The summed E-state index contributed by atoms with van der Waals surface area (Å²) >= 11 is 0. The van der Waals surface area contributed by atoms with Gasteiger partial charge in [0.05, 0.1) is 0 Å². The van der Waals surface area contributed by atoms with E-state index in [0.717, 1.165) is 12.0 Å². The summed E-state index contributed by atoms with van der Waals surface area (Å²) < 4.78 is 0. The summed E-state index contributed by atoms with van der Waals surface area (Å²) in [5.41, 5.74) is 0.490. The Morgan fingerprint density at radius 1 is 1.00 bits per heavy atom. The van der Waals surface area contributed by atoms with Gasteiger partial charge in [0.25, 0.3) is 0 Å². The molecule has 1 unspecified atom stereocenters. The SMILES string of the molecule is C1CCC2(CC1)CNC(C1CC1)CN2. The van der Waals surface area contributed by atoms with Crippen LogP contribution >= 0.6 is 0 Å². The Balaban J connectivity index is 1.57. The second-order valence-electron chi connectivity index (χ2n) is 5.55. The molecule has 0 amide bonds. The van der Waals surface area contributed by atoms with Crippen molar-refractivity contribution in [2.24, 2.45) is 5.92 Å². The molecule has 1 saturated heterocycles. The molecule has 3 fully saturated rings. The molecule has 2 aliphatic carbocycles. The second kappa shape index (κ2) is 3.49. The summed E-state index contributed by atoms with van der Waals surface area (Å²) in [5, 5.41) is 7.62. The first kappa shape index (κ1) is 9.17. The van der Waals surface area contributed by atoms with Crippen LogP contribution in [0.25, 0.3) is 0 Å². The summed E-state index contributed by atoms with van der Waals surface area (Å²) in [6, 6.07) is 0.794. The van der Waals surface area contributed by atoms with Crippen LogP contribution in [0.3, 0.4) is 0 Å². The van der Waals surface area contributed by atoms with Gasteiger partial charge >= 0.3 is 0 Å². The lowest BCUT2D eigenvalue weighted by Crippen LogP contribution is -2.64. The van der Waals surface area contributed by atoms with Gasteiger partial charge in [0.2, 0.25) is 0 Å². The molecule has 0 radical (unpaired) electrons. The summed E-state index contributed by atoms with van der Waals surface area (Å²) in [6.45, 7) is 2.46. The molecule has 80 valence electrons. The first-order valence-electron chi connectivity index (χ1n) is 6.36. The van der Waals surface area contributed by atoms with Crippen molar-refractivity contribution >= 4 is 0 Å². The van der Waals surface area contributed by atoms with Crippen LogP contribution < -0.4 is 10.6 Å². The average molecular weight is 194 g/mol. The molecule has 2 nitrogen and oxygen atoms in total. The van der Waals surface area contributed by atoms with Crippen molar-refractivity contribution in [2.45, 2.75) is 56.5 Å². The first-order valence-corrected chi connectivity index (χ1v) is 6.36. The van der Waals surface area contributed by atoms with Gasteiger partial charge in [-0.15, -0.1) is 0 Å². The van der Waals surface area contributed by atoms with Crippen LogP contribution in [-0.2, 0) is 0 Å². The molecular weight excluding hydrogens is 172 g/mol. The predicted octanol–water partition coefficient (Wildman–Crippen LogP) is 1.66. The van der Waals surface area contributed by atoms with Gasteiger partial charge in [0, 0.05) is 24.7 Å². The Kier molecular flexibility index (Phi) is 2.29. The van der Waals surface area contributed by atoms with Crippen molar-refractivity contribution in [3.63, 3.8) is 0 Å². The number of nitrogens with one attached hydrogen (secondary N) is 2. The molecule has 1 heterocycles. The Bertz CT molecular complexity index is 194. The second-order valence-corrected chi connectivity index (χ2v) is 5.55. The van der Waals surface area contributed by atoms with E-state index in [-0.39, 0.29) is 0 Å². The van der Waals surface area contributed by atoms with Crippen LogP contribution in [0.5, 0.6) is 0 Å². The van der Waals surface area contributed by atoms with Crippen LogP contribution in [0.2, 0.25) is 0 Å². The molecule has 3 rings (SSSR count). The molecule has 0 aromatic rings. The third-order valence-corrected chi connectivity index (χ3v) is 4.40. The van der Waals surface area contributed by atoms with Gasteiger partial charge in [0.1, 0.15) is 0 Å². The number of piperazine rings is 1. The maximum absolute atomic E-state index is 3.84. The normalized spacial score (nSPS) is 37.3. The lowest BCUT2D eigenvalue weighted by Gasteiger charge is -2.44. The number of hydrogen-bond acceptors (Lipinski definition) is 2. The van der Waals surface area contributed by atoms with E-state index in [1.54, 1.807) is 0 Å². The zero-order valence-electron chi connectivity index (χ0n) is 9.02. The minimum atomic E-state index is 0.490. The van der Waals surface area contributed by atoms with E-state index in [0.29, 0.717) is 5.54 Å².